The molecule has 0 unspecified atom stereocenters. The summed E-state index contributed by atoms with van der Waals surface area (Å²) < 4.78 is 4.97. The molecule has 2 rings (SSSR count). The number of benzene rings is 1. The maximum atomic E-state index is 11.6. The van der Waals surface area contributed by atoms with Crippen molar-refractivity contribution in [1.82, 2.24) is 15.4 Å². The molecule has 0 aliphatic rings. The maximum Gasteiger partial charge on any atom is 0.291 e. The number of nitrogens with one attached hydrogen (secondary N) is 1. The van der Waals surface area contributed by atoms with Crippen molar-refractivity contribution < 1.29 is 14.6 Å². The number of methoxy groups -OCH3 is 1. The number of rotatable bonds is 4. The Hall–Kier alpha value is -2.96. The zero-order chi connectivity index (χ0) is 14.4. The van der Waals surface area contributed by atoms with Crippen molar-refractivity contribution in [3.05, 3.63) is 48.0 Å². The smallest absolute Gasteiger partial charge is 0.291 e. The van der Waals surface area contributed by atoms with Gasteiger partial charge in [0.15, 0.2) is 11.5 Å². The van der Waals surface area contributed by atoms with Crippen molar-refractivity contribution in [1.29, 1.82) is 0 Å². The van der Waals surface area contributed by atoms with Crippen LogP contribution >= 0.6 is 0 Å². The predicted octanol–water partition coefficient (Wildman–Crippen LogP) is 0.955. The Morgan fingerprint density at radius 1 is 1.45 bits per heavy atom. The third-order valence-electron chi connectivity index (χ3n) is 2.38. The molecule has 7 nitrogen and oxygen atoms in total. The molecular formula is C13H12N4O3. The fourth-order valence-electron chi connectivity index (χ4n) is 1.41. The highest BCUT2D eigenvalue weighted by Gasteiger charge is 2.05. The summed E-state index contributed by atoms with van der Waals surface area (Å²) in [5, 5.41) is 13.2. The minimum absolute atomic E-state index is 0.0354. The third kappa shape index (κ3) is 3.29. The van der Waals surface area contributed by atoms with Crippen LogP contribution in [0.15, 0.2) is 41.9 Å². The van der Waals surface area contributed by atoms with Crippen LogP contribution in [0.4, 0.5) is 0 Å². The van der Waals surface area contributed by atoms with Crippen molar-refractivity contribution in [3.63, 3.8) is 0 Å². The SMILES string of the molecule is COc1cc(/C=N/NC(=O)c2cnccn2)ccc1O. The zero-order valence-electron chi connectivity index (χ0n) is 10.6. The summed E-state index contributed by atoms with van der Waals surface area (Å²) in [6.07, 6.45) is 5.66. The van der Waals surface area contributed by atoms with Gasteiger partial charge in [-0.1, -0.05) is 0 Å². The van der Waals surface area contributed by atoms with Crippen LogP contribution in [0.5, 0.6) is 11.5 Å². The van der Waals surface area contributed by atoms with Gasteiger partial charge >= 0.3 is 0 Å². The number of hydrazone groups is 1. The molecule has 1 aromatic carbocycles. The van der Waals surface area contributed by atoms with Crippen molar-refractivity contribution in [2.24, 2.45) is 5.10 Å². The molecule has 2 aromatic rings. The number of phenolic OH excluding ortho intramolecular Hbond substituents is 1. The number of hydrogen-bond acceptors (Lipinski definition) is 6. The number of carbonyl (C=O) groups excluding carboxylic acids is 1. The standard InChI is InChI=1S/C13H12N4O3/c1-20-12-6-9(2-3-11(12)18)7-16-17-13(19)10-8-14-4-5-15-10/h2-8,18H,1H3,(H,17,19)/b16-7+. The van der Waals surface area contributed by atoms with E-state index in [0.29, 0.717) is 11.3 Å². The average molecular weight is 272 g/mol. The number of aromatic hydroxyl groups is 1. The van der Waals surface area contributed by atoms with E-state index in [4.69, 9.17) is 4.74 Å². The molecule has 0 radical (unpaired) electrons. The first-order chi connectivity index (χ1) is 9.70. The largest absolute Gasteiger partial charge is 0.504 e. The van der Waals surface area contributed by atoms with E-state index in [-0.39, 0.29) is 11.4 Å². The average Bonchev–Trinajstić information content (AvgIpc) is 2.49. The number of aromatic nitrogens is 2. The first-order valence-corrected chi connectivity index (χ1v) is 5.67. The normalized spacial score (nSPS) is 10.4. The van der Waals surface area contributed by atoms with Gasteiger partial charge in [0.2, 0.25) is 0 Å². The van der Waals surface area contributed by atoms with Gasteiger partial charge in [-0.25, -0.2) is 10.4 Å². The Labute approximate surface area is 115 Å². The van der Waals surface area contributed by atoms with E-state index >= 15 is 0 Å². The molecule has 0 saturated heterocycles. The van der Waals surface area contributed by atoms with Crippen LogP contribution in [0.3, 0.4) is 0 Å². The van der Waals surface area contributed by atoms with Crippen LogP contribution in [0.2, 0.25) is 0 Å². The van der Waals surface area contributed by atoms with E-state index < -0.39 is 5.91 Å². The Morgan fingerprint density at radius 3 is 3.00 bits per heavy atom. The van der Waals surface area contributed by atoms with E-state index in [1.54, 1.807) is 12.1 Å². The molecule has 0 aliphatic carbocycles. The minimum Gasteiger partial charge on any atom is -0.504 e. The second kappa shape index (κ2) is 6.28. The van der Waals surface area contributed by atoms with Crippen LogP contribution < -0.4 is 10.2 Å². The highest BCUT2D eigenvalue weighted by Crippen LogP contribution is 2.25. The highest BCUT2D eigenvalue weighted by molar-refractivity contribution is 5.92. The fourth-order valence-corrected chi connectivity index (χ4v) is 1.41. The number of phenols is 1. The van der Waals surface area contributed by atoms with Crippen molar-refractivity contribution >= 4 is 12.1 Å². The molecule has 0 bridgehead atoms. The molecule has 0 atom stereocenters. The van der Waals surface area contributed by atoms with Gasteiger partial charge in [-0.15, -0.1) is 0 Å². The number of carbonyl (C=O) groups is 1. The molecule has 1 heterocycles. The lowest BCUT2D eigenvalue weighted by Gasteiger charge is -2.03. The molecule has 102 valence electrons. The van der Waals surface area contributed by atoms with Gasteiger partial charge in [0.05, 0.1) is 19.5 Å². The van der Waals surface area contributed by atoms with Crippen LogP contribution in [-0.2, 0) is 0 Å². The quantitative estimate of drug-likeness (QED) is 0.638. The lowest BCUT2D eigenvalue weighted by Crippen LogP contribution is -2.19. The Balaban J connectivity index is 2.02. The Kier molecular flexibility index (Phi) is 4.23. The van der Waals surface area contributed by atoms with Crippen LogP contribution in [0.25, 0.3) is 0 Å². The van der Waals surface area contributed by atoms with Crippen LogP contribution in [-0.4, -0.2) is 34.3 Å². The summed E-state index contributed by atoms with van der Waals surface area (Å²) >= 11 is 0. The second-order valence-corrected chi connectivity index (χ2v) is 3.72. The van der Waals surface area contributed by atoms with E-state index in [9.17, 15) is 9.90 Å². The molecule has 1 aromatic heterocycles. The molecular weight excluding hydrogens is 260 g/mol. The number of nitrogens with zero attached hydrogens (tertiary/aromatic N) is 3. The van der Waals surface area contributed by atoms with Gasteiger partial charge in [0.25, 0.3) is 5.91 Å². The number of hydrogen-bond donors (Lipinski definition) is 2. The predicted molar refractivity (Wildman–Crippen MR) is 71.8 cm³/mol. The van der Waals surface area contributed by atoms with Gasteiger partial charge in [0, 0.05) is 12.4 Å². The lowest BCUT2D eigenvalue weighted by atomic mass is 10.2. The molecule has 20 heavy (non-hydrogen) atoms. The molecule has 0 fully saturated rings. The topological polar surface area (TPSA) is 96.7 Å². The number of amides is 1. The highest BCUT2D eigenvalue weighted by atomic mass is 16.5. The second-order valence-electron chi connectivity index (χ2n) is 3.72. The Bertz CT molecular complexity index is 629. The Morgan fingerprint density at radius 2 is 2.30 bits per heavy atom. The van der Waals surface area contributed by atoms with Gasteiger partial charge in [-0.05, 0) is 23.8 Å². The molecule has 0 spiro atoms. The lowest BCUT2D eigenvalue weighted by molar-refractivity contribution is 0.0949. The maximum absolute atomic E-state index is 11.6. The van der Waals surface area contributed by atoms with E-state index in [1.165, 1.54) is 38.0 Å². The van der Waals surface area contributed by atoms with Gasteiger partial charge in [-0.3, -0.25) is 9.78 Å². The molecule has 2 N–H and O–H groups in total. The molecule has 0 aliphatic heterocycles. The minimum atomic E-state index is -0.458. The summed E-state index contributed by atoms with van der Waals surface area (Å²) in [6.45, 7) is 0. The van der Waals surface area contributed by atoms with Gasteiger partial charge in [-0.2, -0.15) is 5.10 Å². The summed E-state index contributed by atoms with van der Waals surface area (Å²) in [6, 6.07) is 4.70. The third-order valence-corrected chi connectivity index (χ3v) is 2.38. The van der Waals surface area contributed by atoms with E-state index in [1.807, 2.05) is 0 Å². The van der Waals surface area contributed by atoms with Gasteiger partial charge in [0.1, 0.15) is 5.69 Å². The summed E-state index contributed by atoms with van der Waals surface area (Å²) in [5.41, 5.74) is 3.16. The summed E-state index contributed by atoms with van der Waals surface area (Å²) in [7, 11) is 1.45. The van der Waals surface area contributed by atoms with E-state index in [2.05, 4.69) is 20.5 Å². The first-order valence-electron chi connectivity index (χ1n) is 5.67. The molecule has 1 amide bonds. The fraction of sp³-hybridized carbons (Fsp3) is 0.0769. The molecule has 0 saturated carbocycles. The summed E-state index contributed by atoms with van der Waals surface area (Å²) in [5.74, 6) is -0.0949. The van der Waals surface area contributed by atoms with Gasteiger partial charge < -0.3 is 9.84 Å². The van der Waals surface area contributed by atoms with Crippen molar-refractivity contribution in [3.8, 4) is 11.5 Å². The number of ether oxygens (including phenoxy) is 1. The van der Waals surface area contributed by atoms with E-state index in [0.717, 1.165) is 0 Å². The molecule has 7 heteroatoms. The summed E-state index contributed by atoms with van der Waals surface area (Å²) in [4.78, 5) is 19.2. The van der Waals surface area contributed by atoms with Crippen LogP contribution in [0.1, 0.15) is 16.1 Å². The monoisotopic (exact) mass is 272 g/mol. The van der Waals surface area contributed by atoms with Crippen molar-refractivity contribution in [2.45, 2.75) is 0 Å². The van der Waals surface area contributed by atoms with Crippen molar-refractivity contribution in [2.75, 3.05) is 7.11 Å². The zero-order valence-corrected chi connectivity index (χ0v) is 10.6. The van der Waals surface area contributed by atoms with Crippen LogP contribution in [0, 0.1) is 0 Å². The first kappa shape index (κ1) is 13.5.